The number of amides is 2. The van der Waals surface area contributed by atoms with E-state index in [1.54, 1.807) is 12.1 Å². The third-order valence-corrected chi connectivity index (χ3v) is 7.03. The molecule has 0 N–H and O–H groups in total. The first-order valence-corrected chi connectivity index (χ1v) is 11.1. The summed E-state index contributed by atoms with van der Waals surface area (Å²) in [5.74, 6) is -4.64. The van der Waals surface area contributed by atoms with E-state index in [2.05, 4.69) is 0 Å². The van der Waals surface area contributed by atoms with Crippen molar-refractivity contribution in [1.82, 2.24) is 4.90 Å². The van der Waals surface area contributed by atoms with Gasteiger partial charge in [0.2, 0.25) is 0 Å². The van der Waals surface area contributed by atoms with Gasteiger partial charge in [-0.25, -0.2) is 4.79 Å². The Morgan fingerprint density at radius 2 is 1.47 bits per heavy atom. The normalized spacial score (nSPS) is 28.6. The van der Waals surface area contributed by atoms with Gasteiger partial charge < -0.3 is 9.64 Å². The lowest BCUT2D eigenvalue weighted by molar-refractivity contribution is -0.142. The van der Waals surface area contributed by atoms with Gasteiger partial charge >= 0.3 is 17.9 Å². The molecule has 3 aliphatic rings. The van der Waals surface area contributed by atoms with Crippen LogP contribution in [0.5, 0.6) is 0 Å². The highest BCUT2D eigenvalue weighted by Gasteiger charge is 2.56. The summed E-state index contributed by atoms with van der Waals surface area (Å²) in [4.78, 5) is 28.5. The molecule has 7 heteroatoms. The van der Waals surface area contributed by atoms with Crippen molar-refractivity contribution in [1.29, 1.82) is 0 Å². The van der Waals surface area contributed by atoms with E-state index in [0.717, 1.165) is 5.56 Å². The van der Waals surface area contributed by atoms with E-state index >= 15 is 0 Å². The van der Waals surface area contributed by atoms with Crippen LogP contribution in [0.4, 0.5) is 19.3 Å². The van der Waals surface area contributed by atoms with Crippen LogP contribution in [0.25, 0.3) is 0 Å². The SMILES string of the molecule is CC1(C)OC(=O)N(C2CCC(N3C(=O)C(F)(F)c4ccccc43)CC2)[C@H]1c1ccccc1. The second-order valence-corrected chi connectivity index (χ2v) is 9.42. The third-order valence-electron chi connectivity index (χ3n) is 7.03. The largest absolute Gasteiger partial charge is 0.441 e. The molecule has 2 aliphatic heterocycles. The molecule has 5 nitrogen and oxygen atoms in total. The second kappa shape index (κ2) is 7.29. The Labute approximate surface area is 186 Å². The van der Waals surface area contributed by atoms with E-state index in [9.17, 15) is 18.4 Å². The van der Waals surface area contributed by atoms with Crippen LogP contribution in [0.3, 0.4) is 0 Å². The highest BCUT2D eigenvalue weighted by atomic mass is 19.3. The molecule has 1 saturated heterocycles. The molecule has 0 bridgehead atoms. The average molecular weight is 440 g/mol. The van der Waals surface area contributed by atoms with E-state index in [4.69, 9.17) is 4.74 Å². The molecule has 2 aromatic rings. The Morgan fingerprint density at radius 3 is 2.16 bits per heavy atom. The van der Waals surface area contributed by atoms with Gasteiger partial charge in [-0.3, -0.25) is 9.69 Å². The van der Waals surface area contributed by atoms with Gasteiger partial charge in [-0.2, -0.15) is 8.78 Å². The molecule has 1 aliphatic carbocycles. The highest BCUT2D eigenvalue weighted by Crippen LogP contribution is 2.48. The van der Waals surface area contributed by atoms with Crippen LogP contribution in [0.2, 0.25) is 0 Å². The van der Waals surface area contributed by atoms with Crippen molar-refractivity contribution in [3.8, 4) is 0 Å². The minimum atomic E-state index is -3.49. The topological polar surface area (TPSA) is 49.9 Å². The maximum Gasteiger partial charge on any atom is 0.411 e. The van der Waals surface area contributed by atoms with Gasteiger partial charge in [0, 0.05) is 12.1 Å². The van der Waals surface area contributed by atoms with E-state index in [1.807, 2.05) is 49.1 Å². The first-order valence-electron chi connectivity index (χ1n) is 11.1. The number of ether oxygens (including phenoxy) is 1. The fraction of sp³-hybridized carbons (Fsp3) is 0.440. The predicted molar refractivity (Wildman–Crippen MR) is 115 cm³/mol. The zero-order chi connectivity index (χ0) is 22.7. The lowest BCUT2D eigenvalue weighted by atomic mass is 9.85. The first kappa shape index (κ1) is 20.9. The number of alkyl halides is 2. The Balaban J connectivity index is 1.37. The van der Waals surface area contributed by atoms with E-state index in [1.165, 1.54) is 17.0 Å². The average Bonchev–Trinajstić information content (AvgIpc) is 3.14. The standard InChI is InChI=1S/C25H26F2N2O3/c1-24(2)21(16-8-4-3-5-9-16)29(23(31)32-24)18-14-12-17(13-15-18)28-20-11-7-6-10-19(20)25(26,27)22(28)30/h3-11,17-18,21H,12-15H2,1-2H3/t17?,18?,21-/m0/s1. The van der Waals surface area contributed by atoms with E-state index in [-0.39, 0.29) is 29.8 Å². The van der Waals surface area contributed by atoms with Crippen LogP contribution < -0.4 is 4.90 Å². The molecular weight excluding hydrogens is 414 g/mol. The third kappa shape index (κ3) is 3.09. The Hall–Kier alpha value is -2.96. The van der Waals surface area contributed by atoms with Gasteiger partial charge in [-0.05, 0) is 51.2 Å². The van der Waals surface area contributed by atoms with Gasteiger partial charge in [0.1, 0.15) is 5.60 Å². The van der Waals surface area contributed by atoms with Gasteiger partial charge in [-0.15, -0.1) is 0 Å². The number of halogens is 2. The van der Waals surface area contributed by atoms with E-state index in [0.29, 0.717) is 31.4 Å². The Kier molecular flexibility index (Phi) is 4.76. The lowest BCUT2D eigenvalue weighted by Crippen LogP contribution is -2.48. The lowest BCUT2D eigenvalue weighted by Gasteiger charge is -2.40. The molecule has 0 aromatic heterocycles. The minimum absolute atomic E-state index is 0.0702. The fourth-order valence-corrected chi connectivity index (χ4v) is 5.61. The van der Waals surface area contributed by atoms with Crippen molar-refractivity contribution in [3.05, 3.63) is 65.7 Å². The molecule has 1 saturated carbocycles. The molecule has 1 atom stereocenters. The van der Waals surface area contributed by atoms with Crippen LogP contribution in [0, 0.1) is 0 Å². The summed E-state index contributed by atoms with van der Waals surface area (Å²) in [6.45, 7) is 3.83. The van der Waals surface area contributed by atoms with Crippen molar-refractivity contribution < 1.29 is 23.1 Å². The van der Waals surface area contributed by atoms with Crippen LogP contribution in [0.1, 0.15) is 56.7 Å². The highest BCUT2D eigenvalue weighted by molar-refractivity contribution is 6.06. The molecule has 168 valence electrons. The number of anilines is 1. The number of hydrogen-bond donors (Lipinski definition) is 0. The number of para-hydroxylation sites is 1. The van der Waals surface area contributed by atoms with E-state index < -0.39 is 17.4 Å². The van der Waals surface area contributed by atoms with Crippen molar-refractivity contribution in [3.63, 3.8) is 0 Å². The summed E-state index contributed by atoms with van der Waals surface area (Å²) in [7, 11) is 0. The summed E-state index contributed by atoms with van der Waals surface area (Å²) in [5, 5.41) is 0. The molecule has 32 heavy (non-hydrogen) atoms. The van der Waals surface area contributed by atoms with Gasteiger partial charge in [0.15, 0.2) is 0 Å². The number of carbonyl (C=O) groups excluding carboxylic acids is 2. The molecule has 0 spiro atoms. The number of cyclic esters (lactones) is 1. The molecule has 2 amide bonds. The maximum atomic E-state index is 14.6. The quantitative estimate of drug-likeness (QED) is 0.641. The summed E-state index contributed by atoms with van der Waals surface area (Å²) in [6, 6.07) is 15.3. The molecule has 2 aromatic carbocycles. The minimum Gasteiger partial charge on any atom is -0.441 e. The van der Waals surface area contributed by atoms with Gasteiger partial charge in [0.25, 0.3) is 0 Å². The number of nitrogens with zero attached hydrogens (tertiary/aromatic N) is 2. The molecule has 2 fully saturated rings. The predicted octanol–water partition coefficient (Wildman–Crippen LogP) is 5.41. The number of carbonyl (C=O) groups is 2. The molecule has 0 unspecified atom stereocenters. The molecule has 0 radical (unpaired) electrons. The second-order valence-electron chi connectivity index (χ2n) is 9.42. The maximum absolute atomic E-state index is 14.6. The molecular formula is C25H26F2N2O3. The number of hydrogen-bond acceptors (Lipinski definition) is 3. The summed E-state index contributed by atoms with van der Waals surface area (Å²) >= 11 is 0. The Morgan fingerprint density at radius 1 is 0.875 bits per heavy atom. The van der Waals surface area contributed by atoms with Crippen molar-refractivity contribution >= 4 is 17.7 Å². The van der Waals surface area contributed by atoms with Crippen LogP contribution >= 0.6 is 0 Å². The number of benzene rings is 2. The summed E-state index contributed by atoms with van der Waals surface area (Å²) < 4.78 is 34.9. The van der Waals surface area contributed by atoms with Crippen molar-refractivity contribution in [2.24, 2.45) is 0 Å². The monoisotopic (exact) mass is 440 g/mol. The molecule has 2 heterocycles. The Bertz CT molecular complexity index is 1050. The number of rotatable bonds is 3. The van der Waals surface area contributed by atoms with Crippen molar-refractivity contribution in [2.45, 2.75) is 69.2 Å². The summed E-state index contributed by atoms with van der Waals surface area (Å²) in [6.07, 6.45) is 1.99. The van der Waals surface area contributed by atoms with Gasteiger partial charge in [0.05, 0.1) is 17.3 Å². The zero-order valence-electron chi connectivity index (χ0n) is 18.1. The number of fused-ring (bicyclic) bond motifs is 1. The van der Waals surface area contributed by atoms with Crippen molar-refractivity contribution in [2.75, 3.05) is 4.90 Å². The smallest absolute Gasteiger partial charge is 0.411 e. The van der Waals surface area contributed by atoms with Crippen LogP contribution in [-0.4, -0.2) is 34.6 Å². The van der Waals surface area contributed by atoms with Crippen LogP contribution in [-0.2, 0) is 15.5 Å². The fourth-order valence-electron chi connectivity index (χ4n) is 5.61. The van der Waals surface area contributed by atoms with Gasteiger partial charge in [-0.1, -0.05) is 48.5 Å². The summed E-state index contributed by atoms with van der Waals surface area (Å²) in [5.41, 5.74) is 0.408. The van der Waals surface area contributed by atoms with Crippen LogP contribution in [0.15, 0.2) is 54.6 Å². The zero-order valence-corrected chi connectivity index (χ0v) is 18.1. The molecule has 5 rings (SSSR count). The first-order chi connectivity index (χ1) is 15.2.